The van der Waals surface area contributed by atoms with Crippen molar-refractivity contribution in [2.75, 3.05) is 13.2 Å². The second kappa shape index (κ2) is 65.4. The van der Waals surface area contributed by atoms with E-state index >= 15 is 0 Å². The number of hydrogen-bond donors (Lipinski definition) is 0. The molecule has 0 aliphatic carbocycles. The van der Waals surface area contributed by atoms with Crippen molar-refractivity contribution in [3.8, 4) is 0 Å². The highest BCUT2D eigenvalue weighted by Gasteiger charge is 2.19. The molecule has 0 amide bonds. The molecule has 0 fully saturated rings. The lowest BCUT2D eigenvalue weighted by molar-refractivity contribution is -0.167. The van der Waals surface area contributed by atoms with Crippen LogP contribution >= 0.6 is 0 Å². The lowest BCUT2D eigenvalue weighted by atomic mass is 10.0. The van der Waals surface area contributed by atoms with Gasteiger partial charge in [0.05, 0.1) is 0 Å². The van der Waals surface area contributed by atoms with Crippen LogP contribution < -0.4 is 0 Å². The number of esters is 3. The van der Waals surface area contributed by atoms with Crippen LogP contribution in [0.5, 0.6) is 0 Å². The van der Waals surface area contributed by atoms with Crippen LogP contribution in [0, 0.1) is 0 Å². The van der Waals surface area contributed by atoms with Gasteiger partial charge in [0.2, 0.25) is 0 Å². The first-order valence-electron chi connectivity index (χ1n) is 33.4. The summed E-state index contributed by atoms with van der Waals surface area (Å²) in [7, 11) is 0. The van der Waals surface area contributed by atoms with Gasteiger partial charge in [-0.15, -0.1) is 0 Å². The zero-order chi connectivity index (χ0) is 55.7. The van der Waals surface area contributed by atoms with E-state index in [4.69, 9.17) is 14.2 Å². The first-order chi connectivity index (χ1) is 38.0. The molecular formula is C71H126O6. The largest absolute Gasteiger partial charge is 0.462 e. The van der Waals surface area contributed by atoms with Crippen LogP contribution in [-0.2, 0) is 28.6 Å². The van der Waals surface area contributed by atoms with Crippen LogP contribution in [0.25, 0.3) is 0 Å². The van der Waals surface area contributed by atoms with Crippen LogP contribution in [-0.4, -0.2) is 37.2 Å². The number of hydrogen-bond acceptors (Lipinski definition) is 6. The molecule has 0 aliphatic rings. The van der Waals surface area contributed by atoms with E-state index in [1.807, 2.05) is 0 Å². The zero-order valence-electron chi connectivity index (χ0n) is 51.2. The molecule has 0 rings (SSSR count). The third-order valence-corrected chi connectivity index (χ3v) is 14.7. The fraction of sp³-hybridized carbons (Fsp3) is 0.789. The molecule has 1 unspecified atom stereocenters. The summed E-state index contributed by atoms with van der Waals surface area (Å²) in [4.78, 5) is 38.3. The Labute approximate surface area is 478 Å². The number of rotatable bonds is 61. The van der Waals surface area contributed by atoms with Gasteiger partial charge < -0.3 is 14.2 Å². The Bertz CT molecular complexity index is 1420. The minimum absolute atomic E-state index is 0.0733. The summed E-state index contributed by atoms with van der Waals surface area (Å²) in [5.74, 6) is -0.863. The van der Waals surface area contributed by atoms with Gasteiger partial charge in [0.15, 0.2) is 6.10 Å². The standard InChI is InChI=1S/C71H126O6/c1-4-7-10-13-16-19-22-24-26-28-29-30-31-32-33-34-35-36-37-38-39-40-41-43-44-46-49-52-55-58-61-64-70(73)76-67-68(66-75-69(72)63-60-57-54-51-48-21-18-15-12-9-6-3)77-71(74)65-62-59-56-53-50-47-45-42-27-25-23-20-17-14-11-8-5-2/h7,10,16-17,19-20,24-27,29-30,68H,4-6,8-9,11-15,18,21-23,28,31-67H2,1-3H3/b10-7-,19-16-,20-17-,26-24-,27-25-,30-29-. The highest BCUT2D eigenvalue weighted by molar-refractivity contribution is 5.71. The fourth-order valence-corrected chi connectivity index (χ4v) is 9.70. The van der Waals surface area contributed by atoms with Gasteiger partial charge in [0.25, 0.3) is 0 Å². The minimum atomic E-state index is -0.776. The molecular weight excluding hydrogens is 949 g/mol. The van der Waals surface area contributed by atoms with Crippen molar-refractivity contribution < 1.29 is 28.6 Å². The number of carbonyl (C=O) groups is 3. The van der Waals surface area contributed by atoms with Crippen molar-refractivity contribution in [3.63, 3.8) is 0 Å². The summed E-state index contributed by atoms with van der Waals surface area (Å²) in [5, 5.41) is 0. The number of allylic oxidation sites excluding steroid dienone is 12. The molecule has 0 radical (unpaired) electrons. The molecule has 0 N–H and O–H groups in total. The lowest BCUT2D eigenvalue weighted by Crippen LogP contribution is -2.30. The van der Waals surface area contributed by atoms with Gasteiger partial charge in [-0.2, -0.15) is 0 Å². The maximum atomic E-state index is 12.9. The van der Waals surface area contributed by atoms with Crippen molar-refractivity contribution in [2.24, 2.45) is 0 Å². The Kier molecular flexibility index (Phi) is 62.7. The van der Waals surface area contributed by atoms with Crippen molar-refractivity contribution in [2.45, 2.75) is 348 Å². The Morgan fingerprint density at radius 3 is 0.818 bits per heavy atom. The number of ether oxygens (including phenoxy) is 3. The van der Waals surface area contributed by atoms with Gasteiger partial charge in [-0.25, -0.2) is 0 Å². The maximum Gasteiger partial charge on any atom is 0.306 e. The Morgan fingerprint density at radius 2 is 0.506 bits per heavy atom. The summed E-state index contributed by atoms with van der Waals surface area (Å²) in [6, 6.07) is 0. The first kappa shape index (κ1) is 73.8. The summed E-state index contributed by atoms with van der Waals surface area (Å²) in [6.45, 7) is 6.53. The van der Waals surface area contributed by atoms with E-state index < -0.39 is 6.10 Å². The second-order valence-electron chi connectivity index (χ2n) is 22.4. The molecule has 0 aromatic heterocycles. The predicted octanol–water partition coefficient (Wildman–Crippen LogP) is 22.9. The fourth-order valence-electron chi connectivity index (χ4n) is 9.70. The average Bonchev–Trinajstić information content (AvgIpc) is 3.43. The molecule has 0 aromatic carbocycles. The van der Waals surface area contributed by atoms with E-state index in [2.05, 4.69) is 93.7 Å². The molecule has 77 heavy (non-hydrogen) atoms. The van der Waals surface area contributed by atoms with E-state index in [1.54, 1.807) is 0 Å². The summed E-state index contributed by atoms with van der Waals surface area (Å²) in [5.41, 5.74) is 0. The Hall–Kier alpha value is -3.15. The van der Waals surface area contributed by atoms with Gasteiger partial charge in [0.1, 0.15) is 13.2 Å². The maximum absolute atomic E-state index is 12.9. The average molecular weight is 1080 g/mol. The molecule has 0 heterocycles. The van der Waals surface area contributed by atoms with Gasteiger partial charge in [-0.3, -0.25) is 14.4 Å². The highest BCUT2D eigenvalue weighted by atomic mass is 16.6. The van der Waals surface area contributed by atoms with E-state index in [0.717, 1.165) is 96.3 Å². The summed E-state index contributed by atoms with van der Waals surface area (Å²) in [6.07, 6.45) is 85.0. The summed E-state index contributed by atoms with van der Waals surface area (Å²) >= 11 is 0. The van der Waals surface area contributed by atoms with E-state index in [-0.39, 0.29) is 31.1 Å². The van der Waals surface area contributed by atoms with E-state index in [0.29, 0.717) is 19.3 Å². The predicted molar refractivity (Wildman–Crippen MR) is 335 cm³/mol. The molecule has 1 atom stereocenters. The Balaban J connectivity index is 4.14. The zero-order valence-corrected chi connectivity index (χ0v) is 51.2. The summed E-state index contributed by atoms with van der Waals surface area (Å²) < 4.78 is 16.9. The smallest absolute Gasteiger partial charge is 0.306 e. The van der Waals surface area contributed by atoms with Crippen LogP contribution in [0.3, 0.4) is 0 Å². The Morgan fingerprint density at radius 1 is 0.273 bits per heavy atom. The highest BCUT2D eigenvalue weighted by Crippen LogP contribution is 2.17. The molecule has 446 valence electrons. The van der Waals surface area contributed by atoms with Crippen LogP contribution in [0.4, 0.5) is 0 Å². The van der Waals surface area contributed by atoms with E-state index in [1.165, 1.54) is 205 Å². The molecule has 0 spiro atoms. The SMILES string of the molecule is CC/C=C\C/C=C\C/C=C\C/C=C\CCCCCCCCCCCCCCCCCCCCC(=O)OCC(COC(=O)CCCCCCCCCCCCC)OC(=O)CCCCCCCCC/C=C\C/C=C\CCCCC. The molecule has 6 nitrogen and oxygen atoms in total. The molecule has 0 bridgehead atoms. The number of carbonyl (C=O) groups excluding carboxylic acids is 3. The van der Waals surface area contributed by atoms with Crippen LogP contribution in [0.2, 0.25) is 0 Å². The lowest BCUT2D eigenvalue weighted by Gasteiger charge is -2.18. The number of unbranched alkanes of at least 4 members (excludes halogenated alkanes) is 38. The third kappa shape index (κ3) is 63.6. The van der Waals surface area contributed by atoms with E-state index in [9.17, 15) is 14.4 Å². The van der Waals surface area contributed by atoms with Crippen molar-refractivity contribution in [1.82, 2.24) is 0 Å². The molecule has 0 aliphatic heterocycles. The van der Waals surface area contributed by atoms with Crippen LogP contribution in [0.1, 0.15) is 342 Å². The minimum Gasteiger partial charge on any atom is -0.462 e. The van der Waals surface area contributed by atoms with Gasteiger partial charge >= 0.3 is 17.9 Å². The molecule has 0 saturated heterocycles. The third-order valence-electron chi connectivity index (χ3n) is 14.7. The van der Waals surface area contributed by atoms with Gasteiger partial charge in [-0.05, 0) is 89.9 Å². The molecule has 0 aromatic rings. The quantitative estimate of drug-likeness (QED) is 0.0261. The second-order valence-corrected chi connectivity index (χ2v) is 22.4. The van der Waals surface area contributed by atoms with Crippen molar-refractivity contribution in [3.05, 3.63) is 72.9 Å². The molecule has 0 saturated carbocycles. The van der Waals surface area contributed by atoms with Crippen molar-refractivity contribution in [1.29, 1.82) is 0 Å². The van der Waals surface area contributed by atoms with Gasteiger partial charge in [0, 0.05) is 19.3 Å². The molecule has 6 heteroatoms. The van der Waals surface area contributed by atoms with Crippen molar-refractivity contribution >= 4 is 17.9 Å². The normalized spacial score (nSPS) is 12.5. The van der Waals surface area contributed by atoms with Gasteiger partial charge in [-0.1, -0.05) is 306 Å². The van der Waals surface area contributed by atoms with Crippen LogP contribution in [0.15, 0.2) is 72.9 Å². The monoisotopic (exact) mass is 1070 g/mol. The topological polar surface area (TPSA) is 78.9 Å². The first-order valence-corrected chi connectivity index (χ1v) is 33.4.